The van der Waals surface area contributed by atoms with E-state index >= 15 is 0 Å². The molecule has 2 unspecified atom stereocenters. The van der Waals surface area contributed by atoms with Gasteiger partial charge in [-0.1, -0.05) is 13.0 Å². The molecule has 3 nitrogen and oxygen atoms in total. The molecule has 0 aromatic heterocycles. The molecule has 20 heavy (non-hydrogen) atoms. The Labute approximate surface area is 121 Å². The monoisotopic (exact) mass is 283 g/mol. The maximum Gasteiger partial charge on any atom is 0.165 e. The van der Waals surface area contributed by atoms with Gasteiger partial charge in [-0.15, -0.1) is 0 Å². The number of ether oxygens (including phenoxy) is 2. The van der Waals surface area contributed by atoms with Crippen LogP contribution in [0.4, 0.5) is 4.39 Å². The van der Waals surface area contributed by atoms with E-state index in [2.05, 4.69) is 12.2 Å². The second-order valence-corrected chi connectivity index (χ2v) is 5.08. The largest absolute Gasteiger partial charge is 0.488 e. The van der Waals surface area contributed by atoms with Gasteiger partial charge in [-0.3, -0.25) is 0 Å². The Morgan fingerprint density at radius 2 is 2.05 bits per heavy atom. The second kappa shape index (κ2) is 8.93. The fourth-order valence-corrected chi connectivity index (χ4v) is 1.92. The highest BCUT2D eigenvalue weighted by atomic mass is 19.1. The van der Waals surface area contributed by atoms with Crippen LogP contribution in [-0.2, 0) is 4.74 Å². The zero-order valence-electron chi connectivity index (χ0n) is 12.9. The van der Waals surface area contributed by atoms with Crippen molar-refractivity contribution in [1.82, 2.24) is 5.32 Å². The Kier molecular flexibility index (Phi) is 7.55. The van der Waals surface area contributed by atoms with Gasteiger partial charge in [0.25, 0.3) is 0 Å². The summed E-state index contributed by atoms with van der Waals surface area (Å²) in [4.78, 5) is 0. The molecular weight excluding hydrogens is 257 g/mol. The van der Waals surface area contributed by atoms with Crippen LogP contribution in [0.1, 0.15) is 45.2 Å². The van der Waals surface area contributed by atoms with Crippen LogP contribution in [0.5, 0.6) is 5.75 Å². The van der Waals surface area contributed by atoms with Crippen LogP contribution in [0.2, 0.25) is 0 Å². The first-order valence-corrected chi connectivity index (χ1v) is 7.26. The van der Waals surface area contributed by atoms with Gasteiger partial charge >= 0.3 is 0 Å². The second-order valence-electron chi connectivity index (χ2n) is 5.08. The number of methoxy groups -OCH3 is 1. The molecule has 0 aliphatic rings. The summed E-state index contributed by atoms with van der Waals surface area (Å²) in [5.74, 6) is -0.00281. The summed E-state index contributed by atoms with van der Waals surface area (Å²) in [6.07, 6.45) is 1.74. The van der Waals surface area contributed by atoms with Crippen molar-refractivity contribution < 1.29 is 13.9 Å². The highest BCUT2D eigenvalue weighted by Gasteiger charge is 2.12. The van der Waals surface area contributed by atoms with Crippen LogP contribution >= 0.6 is 0 Å². The molecule has 1 N–H and O–H groups in total. The first-order chi connectivity index (χ1) is 9.58. The molecule has 1 aromatic rings. The number of halogens is 1. The average molecular weight is 283 g/mol. The van der Waals surface area contributed by atoms with Gasteiger partial charge in [0, 0.05) is 26.2 Å². The lowest BCUT2D eigenvalue weighted by Crippen LogP contribution is -2.19. The molecule has 0 saturated heterocycles. The molecule has 2 atom stereocenters. The maximum absolute atomic E-state index is 14.0. The van der Waals surface area contributed by atoms with E-state index in [1.165, 1.54) is 0 Å². The van der Waals surface area contributed by atoms with Crippen LogP contribution in [0, 0.1) is 5.82 Å². The Morgan fingerprint density at radius 3 is 2.65 bits per heavy atom. The fourth-order valence-electron chi connectivity index (χ4n) is 1.92. The molecule has 0 aliphatic heterocycles. The predicted octanol–water partition coefficient (Wildman–Crippen LogP) is 3.69. The van der Waals surface area contributed by atoms with Gasteiger partial charge in [-0.2, -0.15) is 0 Å². The molecule has 0 radical (unpaired) electrons. The predicted molar refractivity (Wildman–Crippen MR) is 79.7 cm³/mol. The van der Waals surface area contributed by atoms with Gasteiger partial charge < -0.3 is 14.8 Å². The SMILES string of the molecule is CCCNC(C)c1ccc(OC(C)CCOC)c(F)c1. The van der Waals surface area contributed by atoms with E-state index < -0.39 is 0 Å². The van der Waals surface area contributed by atoms with Crippen molar-refractivity contribution >= 4 is 0 Å². The normalized spacial score (nSPS) is 14.1. The zero-order valence-corrected chi connectivity index (χ0v) is 12.9. The summed E-state index contributed by atoms with van der Waals surface area (Å²) in [6.45, 7) is 7.59. The van der Waals surface area contributed by atoms with Crippen LogP contribution in [0.15, 0.2) is 18.2 Å². The molecule has 0 bridgehead atoms. The first kappa shape index (κ1) is 16.9. The highest BCUT2D eigenvalue weighted by Crippen LogP contribution is 2.23. The van der Waals surface area contributed by atoms with E-state index in [0.717, 1.165) is 24.9 Å². The molecule has 0 fully saturated rings. The Balaban J connectivity index is 2.63. The van der Waals surface area contributed by atoms with E-state index in [-0.39, 0.29) is 18.0 Å². The number of nitrogens with one attached hydrogen (secondary N) is 1. The summed E-state index contributed by atoms with van der Waals surface area (Å²) in [7, 11) is 1.65. The van der Waals surface area contributed by atoms with Crippen molar-refractivity contribution in [3.8, 4) is 5.75 Å². The number of hydrogen-bond acceptors (Lipinski definition) is 3. The van der Waals surface area contributed by atoms with E-state index in [0.29, 0.717) is 12.4 Å². The molecule has 0 heterocycles. The van der Waals surface area contributed by atoms with Gasteiger partial charge in [0.1, 0.15) is 0 Å². The fraction of sp³-hybridized carbons (Fsp3) is 0.625. The molecule has 0 aliphatic carbocycles. The minimum absolute atomic E-state index is 0.0639. The number of benzene rings is 1. The quantitative estimate of drug-likeness (QED) is 0.749. The molecule has 1 rings (SSSR count). The topological polar surface area (TPSA) is 30.5 Å². The smallest absolute Gasteiger partial charge is 0.165 e. The Morgan fingerprint density at radius 1 is 1.30 bits per heavy atom. The molecule has 0 amide bonds. The van der Waals surface area contributed by atoms with Crippen molar-refractivity contribution in [3.05, 3.63) is 29.6 Å². The van der Waals surface area contributed by atoms with Crippen molar-refractivity contribution in [3.63, 3.8) is 0 Å². The van der Waals surface area contributed by atoms with Crippen molar-refractivity contribution in [1.29, 1.82) is 0 Å². The molecule has 114 valence electrons. The van der Waals surface area contributed by atoms with Crippen molar-refractivity contribution in [2.75, 3.05) is 20.3 Å². The average Bonchev–Trinajstić information content (AvgIpc) is 2.44. The molecule has 0 spiro atoms. The minimum Gasteiger partial charge on any atom is -0.488 e. The van der Waals surface area contributed by atoms with E-state index in [4.69, 9.17) is 9.47 Å². The van der Waals surface area contributed by atoms with Gasteiger partial charge in [-0.05, 0) is 44.5 Å². The van der Waals surface area contributed by atoms with Gasteiger partial charge in [-0.25, -0.2) is 4.39 Å². The molecular formula is C16H26FNO2. The Hall–Kier alpha value is -1.13. The number of hydrogen-bond donors (Lipinski definition) is 1. The minimum atomic E-state index is -0.308. The molecule has 0 saturated carbocycles. The lowest BCUT2D eigenvalue weighted by molar-refractivity contribution is 0.132. The van der Waals surface area contributed by atoms with E-state index in [1.807, 2.05) is 19.9 Å². The summed E-state index contributed by atoms with van der Waals surface area (Å²) in [5.41, 5.74) is 0.938. The maximum atomic E-state index is 14.0. The molecule has 4 heteroatoms. The van der Waals surface area contributed by atoms with Gasteiger partial charge in [0.15, 0.2) is 11.6 Å². The van der Waals surface area contributed by atoms with Gasteiger partial charge in [0.2, 0.25) is 0 Å². The lowest BCUT2D eigenvalue weighted by atomic mass is 10.1. The van der Waals surface area contributed by atoms with Crippen LogP contribution < -0.4 is 10.1 Å². The standard InChI is InChI=1S/C16H26FNO2/c1-5-9-18-13(3)14-6-7-16(15(17)11-14)20-12(2)8-10-19-4/h6-7,11-13,18H,5,8-10H2,1-4H3. The third kappa shape index (κ3) is 5.47. The van der Waals surface area contributed by atoms with Crippen molar-refractivity contribution in [2.45, 2.75) is 45.8 Å². The van der Waals surface area contributed by atoms with Crippen LogP contribution in [-0.4, -0.2) is 26.4 Å². The van der Waals surface area contributed by atoms with Crippen LogP contribution in [0.3, 0.4) is 0 Å². The van der Waals surface area contributed by atoms with E-state index in [1.54, 1.807) is 19.2 Å². The van der Waals surface area contributed by atoms with E-state index in [9.17, 15) is 4.39 Å². The third-order valence-electron chi connectivity index (χ3n) is 3.21. The Bertz CT molecular complexity index is 398. The van der Waals surface area contributed by atoms with Crippen LogP contribution in [0.25, 0.3) is 0 Å². The summed E-state index contributed by atoms with van der Waals surface area (Å²) in [6, 6.07) is 5.31. The third-order valence-corrected chi connectivity index (χ3v) is 3.21. The lowest BCUT2D eigenvalue weighted by Gasteiger charge is -2.17. The van der Waals surface area contributed by atoms with Gasteiger partial charge in [0.05, 0.1) is 6.10 Å². The summed E-state index contributed by atoms with van der Waals surface area (Å²) in [5, 5.41) is 3.34. The van der Waals surface area contributed by atoms with Crippen molar-refractivity contribution in [2.24, 2.45) is 0 Å². The zero-order chi connectivity index (χ0) is 15.0. The summed E-state index contributed by atoms with van der Waals surface area (Å²) >= 11 is 0. The first-order valence-electron chi connectivity index (χ1n) is 7.26. The molecule has 1 aromatic carbocycles. The summed E-state index contributed by atoms with van der Waals surface area (Å²) < 4.78 is 24.6. The number of rotatable bonds is 9. The highest BCUT2D eigenvalue weighted by molar-refractivity contribution is 5.31.